The minimum Gasteiger partial charge on any atom is -0.356 e. The van der Waals surface area contributed by atoms with E-state index in [4.69, 9.17) is 0 Å². The van der Waals surface area contributed by atoms with Crippen LogP contribution in [0.5, 0.6) is 0 Å². The summed E-state index contributed by atoms with van der Waals surface area (Å²) >= 11 is 0. The molecule has 0 unspecified atom stereocenters. The molecule has 1 aliphatic carbocycles. The third kappa shape index (κ3) is 2.21. The van der Waals surface area contributed by atoms with Crippen LogP contribution in [0, 0.1) is 5.41 Å². The number of carbonyl (C=O) groups excluding carboxylic acids is 1. The van der Waals surface area contributed by atoms with Gasteiger partial charge in [0.15, 0.2) is 0 Å². The largest absolute Gasteiger partial charge is 0.356 e. The number of hydrogen-bond acceptors (Lipinski definition) is 1. The maximum absolute atomic E-state index is 10.9. The molecule has 0 aromatic heterocycles. The molecular weight excluding hydrogens is 138 g/mol. The monoisotopic (exact) mass is 155 g/mol. The van der Waals surface area contributed by atoms with Gasteiger partial charge in [0.2, 0.25) is 5.91 Å². The molecule has 0 atom stereocenters. The highest BCUT2D eigenvalue weighted by Gasteiger charge is 2.40. The van der Waals surface area contributed by atoms with Crippen LogP contribution in [0.1, 0.15) is 39.5 Å². The summed E-state index contributed by atoms with van der Waals surface area (Å²) in [5, 5.41) is 2.95. The Labute approximate surface area is 68.4 Å². The second-order valence-electron chi connectivity index (χ2n) is 3.48. The predicted octanol–water partition coefficient (Wildman–Crippen LogP) is 1.70. The molecule has 0 aromatic rings. The molecule has 0 spiro atoms. The molecule has 0 radical (unpaired) electrons. The summed E-state index contributed by atoms with van der Waals surface area (Å²) in [6.07, 6.45) is 4.41. The summed E-state index contributed by atoms with van der Waals surface area (Å²) in [5.74, 6) is 0.185. The number of amides is 1. The van der Waals surface area contributed by atoms with Gasteiger partial charge in [-0.25, -0.2) is 0 Å². The highest BCUT2D eigenvalue weighted by Crippen LogP contribution is 2.47. The van der Waals surface area contributed by atoms with Gasteiger partial charge in [-0.05, 0) is 24.7 Å². The fraction of sp³-hybridized carbons (Fsp3) is 0.889. The zero-order chi connectivity index (χ0) is 8.32. The molecule has 64 valence electrons. The Balaban J connectivity index is 2.16. The van der Waals surface area contributed by atoms with Crippen molar-refractivity contribution in [2.24, 2.45) is 5.41 Å². The molecular formula is C9H17NO. The van der Waals surface area contributed by atoms with Crippen molar-refractivity contribution >= 4 is 5.91 Å². The molecule has 2 nitrogen and oxygen atoms in total. The molecule has 11 heavy (non-hydrogen) atoms. The van der Waals surface area contributed by atoms with E-state index < -0.39 is 0 Å². The van der Waals surface area contributed by atoms with Gasteiger partial charge >= 0.3 is 0 Å². The first-order valence-corrected chi connectivity index (χ1v) is 4.49. The van der Waals surface area contributed by atoms with E-state index in [-0.39, 0.29) is 5.91 Å². The van der Waals surface area contributed by atoms with E-state index >= 15 is 0 Å². The fourth-order valence-corrected chi connectivity index (χ4v) is 1.24. The van der Waals surface area contributed by atoms with Crippen LogP contribution >= 0.6 is 0 Å². The molecule has 0 aliphatic heterocycles. The second kappa shape index (κ2) is 3.24. The van der Waals surface area contributed by atoms with Gasteiger partial charge in [-0.2, -0.15) is 0 Å². The third-order valence-corrected chi connectivity index (χ3v) is 2.69. The lowest BCUT2D eigenvalue weighted by atomic mass is 10.0. The Bertz CT molecular complexity index is 150. The number of nitrogens with one attached hydrogen (secondary N) is 1. The normalized spacial score (nSPS) is 19.5. The van der Waals surface area contributed by atoms with Gasteiger partial charge in [0, 0.05) is 13.0 Å². The molecule has 1 saturated carbocycles. The average molecular weight is 155 g/mol. The molecule has 1 aliphatic rings. The molecule has 0 saturated heterocycles. The van der Waals surface area contributed by atoms with Crippen molar-refractivity contribution in [1.29, 1.82) is 0 Å². The van der Waals surface area contributed by atoms with E-state index in [0.717, 1.165) is 6.54 Å². The van der Waals surface area contributed by atoms with Crippen LogP contribution in [-0.4, -0.2) is 12.5 Å². The summed E-state index contributed by atoms with van der Waals surface area (Å²) in [6, 6.07) is 0. The minimum atomic E-state index is 0.185. The Kier molecular flexibility index (Phi) is 2.53. The summed E-state index contributed by atoms with van der Waals surface area (Å²) in [6.45, 7) is 4.99. The first-order chi connectivity index (χ1) is 5.22. The van der Waals surface area contributed by atoms with Crippen molar-refractivity contribution in [2.75, 3.05) is 6.54 Å². The minimum absolute atomic E-state index is 0.185. The van der Waals surface area contributed by atoms with Crippen LogP contribution < -0.4 is 5.32 Å². The van der Waals surface area contributed by atoms with Gasteiger partial charge in [0.05, 0.1) is 0 Å². The molecule has 0 bridgehead atoms. The Morgan fingerprint density at radius 3 is 2.45 bits per heavy atom. The second-order valence-corrected chi connectivity index (χ2v) is 3.48. The van der Waals surface area contributed by atoms with E-state index in [1.54, 1.807) is 0 Å². The van der Waals surface area contributed by atoms with E-state index in [9.17, 15) is 4.79 Å². The van der Waals surface area contributed by atoms with Gasteiger partial charge in [-0.3, -0.25) is 4.79 Å². The topological polar surface area (TPSA) is 29.1 Å². The van der Waals surface area contributed by atoms with Gasteiger partial charge in [-0.1, -0.05) is 13.8 Å². The van der Waals surface area contributed by atoms with Crippen LogP contribution in [0.4, 0.5) is 0 Å². The Hall–Kier alpha value is -0.530. The van der Waals surface area contributed by atoms with E-state index in [1.165, 1.54) is 19.3 Å². The first kappa shape index (κ1) is 8.57. The lowest BCUT2D eigenvalue weighted by Crippen LogP contribution is -2.29. The van der Waals surface area contributed by atoms with E-state index in [0.29, 0.717) is 11.8 Å². The number of hydrogen-bond donors (Lipinski definition) is 1. The van der Waals surface area contributed by atoms with Crippen LogP contribution in [0.2, 0.25) is 0 Å². The third-order valence-electron chi connectivity index (χ3n) is 2.69. The lowest BCUT2D eigenvalue weighted by Gasteiger charge is -2.12. The maximum atomic E-state index is 10.9. The summed E-state index contributed by atoms with van der Waals surface area (Å²) in [4.78, 5) is 10.9. The van der Waals surface area contributed by atoms with Crippen molar-refractivity contribution < 1.29 is 4.79 Å². The van der Waals surface area contributed by atoms with Gasteiger partial charge in [0.1, 0.15) is 0 Å². The summed E-state index contributed by atoms with van der Waals surface area (Å²) in [7, 11) is 0. The quantitative estimate of drug-likeness (QED) is 0.657. The Morgan fingerprint density at radius 2 is 2.09 bits per heavy atom. The number of carbonyl (C=O) groups is 1. The molecule has 0 aromatic carbocycles. The van der Waals surface area contributed by atoms with Gasteiger partial charge in [0.25, 0.3) is 0 Å². The van der Waals surface area contributed by atoms with Crippen molar-refractivity contribution in [3.8, 4) is 0 Å². The van der Waals surface area contributed by atoms with Crippen LogP contribution in [0.15, 0.2) is 0 Å². The molecule has 2 heteroatoms. The average Bonchev–Trinajstić information content (AvgIpc) is 2.81. The lowest BCUT2D eigenvalue weighted by molar-refractivity contribution is -0.121. The van der Waals surface area contributed by atoms with Crippen LogP contribution in [-0.2, 0) is 4.79 Å². The van der Waals surface area contributed by atoms with Crippen molar-refractivity contribution in [2.45, 2.75) is 39.5 Å². The fourth-order valence-electron chi connectivity index (χ4n) is 1.24. The number of rotatable bonds is 4. The first-order valence-electron chi connectivity index (χ1n) is 4.49. The summed E-state index contributed by atoms with van der Waals surface area (Å²) in [5.41, 5.74) is 0.491. The molecule has 1 fully saturated rings. The molecule has 1 rings (SSSR count). The smallest absolute Gasteiger partial charge is 0.219 e. The Morgan fingerprint density at radius 1 is 1.45 bits per heavy atom. The van der Waals surface area contributed by atoms with Crippen molar-refractivity contribution in [3.05, 3.63) is 0 Å². The zero-order valence-electron chi connectivity index (χ0n) is 7.44. The maximum Gasteiger partial charge on any atom is 0.219 e. The predicted molar refractivity (Wildman–Crippen MR) is 45.3 cm³/mol. The van der Waals surface area contributed by atoms with Crippen molar-refractivity contribution in [1.82, 2.24) is 5.32 Å². The highest BCUT2D eigenvalue weighted by molar-refractivity contribution is 5.75. The molecule has 1 amide bonds. The van der Waals surface area contributed by atoms with Crippen LogP contribution in [0.25, 0.3) is 0 Å². The van der Waals surface area contributed by atoms with Crippen molar-refractivity contribution in [3.63, 3.8) is 0 Å². The van der Waals surface area contributed by atoms with Gasteiger partial charge in [-0.15, -0.1) is 0 Å². The SMILES string of the molecule is CCC(=O)NCC1(CC)CC1. The molecule has 0 heterocycles. The van der Waals surface area contributed by atoms with Gasteiger partial charge < -0.3 is 5.32 Å². The molecule has 1 N–H and O–H groups in total. The zero-order valence-corrected chi connectivity index (χ0v) is 7.44. The summed E-state index contributed by atoms with van der Waals surface area (Å²) < 4.78 is 0. The standard InChI is InChI=1S/C9H17NO/c1-3-8(11)10-7-9(4-2)5-6-9/h3-7H2,1-2H3,(H,10,11). The highest BCUT2D eigenvalue weighted by atomic mass is 16.1. The van der Waals surface area contributed by atoms with E-state index in [1.807, 2.05) is 6.92 Å². The van der Waals surface area contributed by atoms with E-state index in [2.05, 4.69) is 12.2 Å². The van der Waals surface area contributed by atoms with Crippen LogP contribution in [0.3, 0.4) is 0 Å².